The standard InChI is InChI=1S/C19H14ClN3O3S/c1-12-17(27-19(21-12)23-8-2-3-9-23)18(24)25-11-15-10-16(26-22-15)13-4-6-14(20)7-5-13/h2-10H,11H2,1H3. The fourth-order valence-corrected chi connectivity index (χ4v) is 3.53. The maximum absolute atomic E-state index is 12.4. The van der Waals surface area contributed by atoms with Crippen molar-refractivity contribution in [3.63, 3.8) is 0 Å². The summed E-state index contributed by atoms with van der Waals surface area (Å²) in [5.41, 5.74) is 2.01. The molecule has 0 N–H and O–H groups in total. The minimum atomic E-state index is -0.431. The molecule has 136 valence electrons. The van der Waals surface area contributed by atoms with E-state index in [9.17, 15) is 4.79 Å². The Labute approximate surface area is 164 Å². The predicted octanol–water partition coefficient (Wildman–Crippen LogP) is 4.91. The van der Waals surface area contributed by atoms with Gasteiger partial charge in [0, 0.05) is 29.0 Å². The molecule has 0 radical (unpaired) electrons. The maximum Gasteiger partial charge on any atom is 0.350 e. The van der Waals surface area contributed by atoms with Gasteiger partial charge in [0.05, 0.1) is 5.69 Å². The van der Waals surface area contributed by atoms with Gasteiger partial charge in [-0.1, -0.05) is 28.1 Å². The van der Waals surface area contributed by atoms with Crippen molar-refractivity contribution in [1.29, 1.82) is 0 Å². The molecule has 0 aliphatic heterocycles. The van der Waals surface area contributed by atoms with Gasteiger partial charge in [-0.2, -0.15) is 0 Å². The molecular formula is C19H14ClN3O3S. The van der Waals surface area contributed by atoms with E-state index in [1.54, 1.807) is 25.1 Å². The highest BCUT2D eigenvalue weighted by Gasteiger charge is 2.18. The van der Waals surface area contributed by atoms with Gasteiger partial charge in [0.1, 0.15) is 17.2 Å². The van der Waals surface area contributed by atoms with Gasteiger partial charge in [0.2, 0.25) is 0 Å². The Morgan fingerprint density at radius 3 is 2.74 bits per heavy atom. The van der Waals surface area contributed by atoms with E-state index < -0.39 is 5.97 Å². The van der Waals surface area contributed by atoms with E-state index in [1.165, 1.54) is 11.3 Å². The number of thiazole rings is 1. The van der Waals surface area contributed by atoms with Crippen molar-refractivity contribution < 1.29 is 14.1 Å². The van der Waals surface area contributed by atoms with E-state index in [-0.39, 0.29) is 6.61 Å². The van der Waals surface area contributed by atoms with E-state index in [0.29, 0.717) is 27.0 Å². The highest BCUT2D eigenvalue weighted by molar-refractivity contribution is 7.16. The van der Waals surface area contributed by atoms with Crippen molar-refractivity contribution in [1.82, 2.24) is 14.7 Å². The quantitative estimate of drug-likeness (QED) is 0.446. The zero-order chi connectivity index (χ0) is 18.8. The molecule has 4 rings (SSSR count). The molecule has 3 aromatic heterocycles. The number of aryl methyl sites for hydroxylation is 1. The highest BCUT2D eigenvalue weighted by atomic mass is 35.5. The number of ether oxygens (including phenoxy) is 1. The zero-order valence-electron chi connectivity index (χ0n) is 14.3. The van der Waals surface area contributed by atoms with Crippen LogP contribution in [0.3, 0.4) is 0 Å². The first-order valence-corrected chi connectivity index (χ1v) is 9.29. The van der Waals surface area contributed by atoms with Crippen molar-refractivity contribution in [2.24, 2.45) is 0 Å². The molecule has 0 fully saturated rings. The summed E-state index contributed by atoms with van der Waals surface area (Å²) in [7, 11) is 0. The predicted molar refractivity (Wildman–Crippen MR) is 102 cm³/mol. The molecule has 0 atom stereocenters. The summed E-state index contributed by atoms with van der Waals surface area (Å²) in [5.74, 6) is 0.154. The van der Waals surface area contributed by atoms with Crippen LogP contribution in [0, 0.1) is 6.92 Å². The first kappa shape index (κ1) is 17.5. The minimum Gasteiger partial charge on any atom is -0.455 e. The molecule has 8 heteroatoms. The first-order chi connectivity index (χ1) is 13.1. The summed E-state index contributed by atoms with van der Waals surface area (Å²) in [4.78, 5) is 17.3. The maximum atomic E-state index is 12.4. The van der Waals surface area contributed by atoms with Gasteiger partial charge in [-0.3, -0.25) is 0 Å². The fraction of sp³-hybridized carbons (Fsp3) is 0.105. The van der Waals surface area contributed by atoms with Crippen molar-refractivity contribution in [2.45, 2.75) is 13.5 Å². The number of nitrogens with zero attached hydrogens (tertiary/aromatic N) is 3. The Morgan fingerprint density at radius 1 is 1.26 bits per heavy atom. The number of aromatic nitrogens is 3. The lowest BCUT2D eigenvalue weighted by Crippen LogP contribution is -2.05. The van der Waals surface area contributed by atoms with E-state index in [0.717, 1.165) is 10.7 Å². The van der Waals surface area contributed by atoms with Crippen LogP contribution in [0.4, 0.5) is 0 Å². The van der Waals surface area contributed by atoms with Gasteiger partial charge in [0.15, 0.2) is 10.9 Å². The summed E-state index contributed by atoms with van der Waals surface area (Å²) in [6.07, 6.45) is 3.75. The monoisotopic (exact) mass is 399 g/mol. The van der Waals surface area contributed by atoms with E-state index >= 15 is 0 Å². The van der Waals surface area contributed by atoms with Crippen LogP contribution in [0.15, 0.2) is 59.4 Å². The number of carbonyl (C=O) groups is 1. The second-order valence-electron chi connectivity index (χ2n) is 5.77. The molecule has 3 heterocycles. The molecule has 1 aromatic carbocycles. The van der Waals surface area contributed by atoms with E-state index in [4.69, 9.17) is 20.9 Å². The molecule has 0 spiro atoms. The number of benzene rings is 1. The summed E-state index contributed by atoms with van der Waals surface area (Å²) in [6.45, 7) is 1.81. The number of hydrogen-bond acceptors (Lipinski definition) is 6. The van der Waals surface area contributed by atoms with Gasteiger partial charge in [0.25, 0.3) is 0 Å². The lowest BCUT2D eigenvalue weighted by molar-refractivity contribution is 0.0469. The highest BCUT2D eigenvalue weighted by Crippen LogP contribution is 2.24. The summed E-state index contributed by atoms with van der Waals surface area (Å²) >= 11 is 7.17. The van der Waals surface area contributed by atoms with Crippen molar-refractivity contribution in [2.75, 3.05) is 0 Å². The number of halogens is 1. The van der Waals surface area contributed by atoms with Crippen LogP contribution in [-0.4, -0.2) is 20.7 Å². The Bertz CT molecular complexity index is 1070. The van der Waals surface area contributed by atoms with E-state index in [1.807, 2.05) is 41.2 Å². The average Bonchev–Trinajstić information content (AvgIpc) is 3.41. The second-order valence-corrected chi connectivity index (χ2v) is 7.18. The Hall–Kier alpha value is -2.90. The molecule has 0 amide bonds. The number of hydrogen-bond donors (Lipinski definition) is 0. The molecule has 0 bridgehead atoms. The van der Waals surface area contributed by atoms with E-state index in [2.05, 4.69) is 10.1 Å². The van der Waals surface area contributed by atoms with Crippen molar-refractivity contribution in [3.05, 3.63) is 76.1 Å². The van der Waals surface area contributed by atoms with Crippen LogP contribution in [0.1, 0.15) is 21.1 Å². The summed E-state index contributed by atoms with van der Waals surface area (Å²) < 4.78 is 12.5. The molecule has 0 aliphatic rings. The van der Waals surface area contributed by atoms with Crippen LogP contribution >= 0.6 is 22.9 Å². The molecular weight excluding hydrogens is 386 g/mol. The zero-order valence-corrected chi connectivity index (χ0v) is 15.8. The largest absolute Gasteiger partial charge is 0.455 e. The third-order valence-electron chi connectivity index (χ3n) is 3.83. The molecule has 27 heavy (non-hydrogen) atoms. The average molecular weight is 400 g/mol. The minimum absolute atomic E-state index is 0.0200. The third kappa shape index (κ3) is 3.79. The summed E-state index contributed by atoms with van der Waals surface area (Å²) in [5, 5.41) is 5.31. The van der Waals surface area contributed by atoms with Crippen LogP contribution in [0.25, 0.3) is 16.5 Å². The number of rotatable bonds is 5. The van der Waals surface area contributed by atoms with Gasteiger partial charge >= 0.3 is 5.97 Å². The molecule has 0 saturated heterocycles. The summed E-state index contributed by atoms with van der Waals surface area (Å²) in [6, 6.07) is 12.8. The third-order valence-corrected chi connectivity index (χ3v) is 5.24. The topological polar surface area (TPSA) is 70.2 Å². The lowest BCUT2D eigenvalue weighted by atomic mass is 10.2. The second kappa shape index (κ2) is 7.38. The van der Waals surface area contributed by atoms with Gasteiger partial charge in [-0.25, -0.2) is 9.78 Å². The smallest absolute Gasteiger partial charge is 0.350 e. The van der Waals surface area contributed by atoms with Crippen molar-refractivity contribution in [3.8, 4) is 16.5 Å². The Balaban J connectivity index is 1.43. The van der Waals surface area contributed by atoms with Gasteiger partial charge in [-0.15, -0.1) is 0 Å². The van der Waals surface area contributed by atoms with Crippen LogP contribution in [0.5, 0.6) is 0 Å². The SMILES string of the molecule is Cc1nc(-n2cccc2)sc1C(=O)OCc1cc(-c2ccc(Cl)cc2)on1. The molecule has 4 aromatic rings. The fourth-order valence-electron chi connectivity index (χ4n) is 2.48. The lowest BCUT2D eigenvalue weighted by Gasteiger charge is -2.00. The van der Waals surface area contributed by atoms with Crippen LogP contribution < -0.4 is 0 Å². The van der Waals surface area contributed by atoms with Crippen LogP contribution in [-0.2, 0) is 11.3 Å². The Kier molecular flexibility index (Phi) is 4.79. The first-order valence-electron chi connectivity index (χ1n) is 8.09. The number of carbonyl (C=O) groups excluding carboxylic acids is 1. The Morgan fingerprint density at radius 2 is 2.00 bits per heavy atom. The van der Waals surface area contributed by atoms with Crippen LogP contribution in [0.2, 0.25) is 5.02 Å². The molecule has 0 aliphatic carbocycles. The number of esters is 1. The normalized spacial score (nSPS) is 10.9. The van der Waals surface area contributed by atoms with Gasteiger partial charge < -0.3 is 13.8 Å². The molecule has 0 saturated carbocycles. The van der Waals surface area contributed by atoms with Crippen molar-refractivity contribution >= 4 is 28.9 Å². The molecule has 6 nitrogen and oxygen atoms in total. The van der Waals surface area contributed by atoms with Gasteiger partial charge in [-0.05, 0) is 43.3 Å². The molecule has 0 unspecified atom stereocenters.